The van der Waals surface area contributed by atoms with Crippen molar-refractivity contribution in [2.24, 2.45) is 0 Å². The smallest absolute Gasteiger partial charge is 0.173 e. The summed E-state index contributed by atoms with van der Waals surface area (Å²) in [4.78, 5) is 11.8. The Morgan fingerprint density at radius 1 is 1.25 bits per heavy atom. The lowest BCUT2D eigenvalue weighted by Crippen LogP contribution is -1.89. The number of hydrogen-bond acceptors (Lipinski definition) is 3. The fourth-order valence-corrected chi connectivity index (χ4v) is 1.07. The van der Waals surface area contributed by atoms with E-state index >= 15 is 0 Å². The van der Waals surface area contributed by atoms with E-state index in [0.717, 1.165) is 0 Å². The van der Waals surface area contributed by atoms with Crippen molar-refractivity contribution in [1.82, 2.24) is 19.0 Å². The quantitative estimate of drug-likeness (QED) is 0.665. The van der Waals surface area contributed by atoms with E-state index in [4.69, 9.17) is 11.8 Å². The second-order valence-corrected chi connectivity index (χ2v) is 2.52. The highest BCUT2D eigenvalue weighted by atomic mass is 35.5. The first-order chi connectivity index (χ1) is 5.88. The third-order valence-corrected chi connectivity index (χ3v) is 1.68. The molecule has 0 saturated heterocycles. The minimum Gasteiger partial charge on any atom is -0.245 e. The monoisotopic (exact) mass is 180 g/mol. The molecule has 0 aromatic carbocycles. The van der Waals surface area contributed by atoms with Crippen LogP contribution in [0.25, 0.3) is 11.5 Å². The van der Waals surface area contributed by atoms with Gasteiger partial charge in [-0.1, -0.05) is 0 Å². The van der Waals surface area contributed by atoms with Crippen molar-refractivity contribution in [3.05, 3.63) is 31.0 Å². The van der Waals surface area contributed by atoms with Crippen molar-refractivity contribution in [3.8, 4) is 11.5 Å². The molecular formula is C7H5ClN4. The Morgan fingerprint density at radius 2 is 2.17 bits per heavy atom. The van der Waals surface area contributed by atoms with Gasteiger partial charge in [-0.15, -0.1) is 0 Å². The van der Waals surface area contributed by atoms with Crippen LogP contribution in [0.1, 0.15) is 0 Å². The molecule has 0 N–H and O–H groups in total. The summed E-state index contributed by atoms with van der Waals surface area (Å²) in [5, 5.41) is 0. The Balaban J connectivity index is 2.51. The van der Waals surface area contributed by atoms with Gasteiger partial charge in [-0.3, -0.25) is 0 Å². The fourth-order valence-electron chi connectivity index (χ4n) is 0.887. The standard InChI is InChI=1S/C7H5ClN4/c8-12-4-3-10-7(12)6-1-2-9-5-11-6/h1-5H. The first-order valence-electron chi connectivity index (χ1n) is 3.34. The summed E-state index contributed by atoms with van der Waals surface area (Å²) in [6.07, 6.45) is 6.37. The topological polar surface area (TPSA) is 43.6 Å². The van der Waals surface area contributed by atoms with E-state index < -0.39 is 0 Å². The Hall–Kier alpha value is -1.42. The van der Waals surface area contributed by atoms with E-state index in [-0.39, 0.29) is 0 Å². The van der Waals surface area contributed by atoms with Gasteiger partial charge in [0.05, 0.1) is 0 Å². The minimum absolute atomic E-state index is 0.624. The van der Waals surface area contributed by atoms with Crippen molar-refractivity contribution in [2.75, 3.05) is 0 Å². The molecule has 0 amide bonds. The molecule has 0 aliphatic carbocycles. The van der Waals surface area contributed by atoms with Gasteiger partial charge in [0.15, 0.2) is 5.82 Å². The third-order valence-electron chi connectivity index (χ3n) is 1.41. The van der Waals surface area contributed by atoms with Gasteiger partial charge in [-0.05, 0) is 6.07 Å². The molecular weight excluding hydrogens is 176 g/mol. The highest BCUT2D eigenvalue weighted by Crippen LogP contribution is 2.13. The summed E-state index contributed by atoms with van der Waals surface area (Å²) in [6, 6.07) is 1.75. The van der Waals surface area contributed by atoms with Crippen LogP contribution in [0.4, 0.5) is 0 Å². The van der Waals surface area contributed by atoms with Crippen molar-refractivity contribution in [3.63, 3.8) is 0 Å². The molecule has 0 aliphatic heterocycles. The van der Waals surface area contributed by atoms with Gasteiger partial charge in [0.1, 0.15) is 12.0 Å². The number of halogens is 1. The van der Waals surface area contributed by atoms with Crippen LogP contribution >= 0.6 is 11.8 Å². The van der Waals surface area contributed by atoms with Gasteiger partial charge in [0.2, 0.25) is 0 Å². The largest absolute Gasteiger partial charge is 0.245 e. The van der Waals surface area contributed by atoms with Crippen LogP contribution in [0.2, 0.25) is 0 Å². The second-order valence-electron chi connectivity index (χ2n) is 2.16. The maximum Gasteiger partial charge on any atom is 0.173 e. The van der Waals surface area contributed by atoms with E-state index in [0.29, 0.717) is 11.5 Å². The normalized spacial score (nSPS) is 10.1. The Morgan fingerprint density at radius 3 is 2.75 bits per heavy atom. The summed E-state index contributed by atoms with van der Waals surface area (Å²) in [6.45, 7) is 0. The van der Waals surface area contributed by atoms with E-state index in [1.807, 2.05) is 0 Å². The summed E-state index contributed by atoms with van der Waals surface area (Å²) >= 11 is 5.77. The van der Waals surface area contributed by atoms with Gasteiger partial charge in [0, 0.05) is 30.4 Å². The van der Waals surface area contributed by atoms with Crippen LogP contribution in [0, 0.1) is 0 Å². The Labute approximate surface area is 74.0 Å². The number of nitrogens with zero attached hydrogens (tertiary/aromatic N) is 4. The van der Waals surface area contributed by atoms with E-state index in [2.05, 4.69) is 15.0 Å². The SMILES string of the molecule is Cln1ccnc1-c1ccncn1. The second kappa shape index (κ2) is 2.91. The number of imidazole rings is 1. The zero-order chi connectivity index (χ0) is 8.39. The minimum atomic E-state index is 0.624. The lowest BCUT2D eigenvalue weighted by Gasteiger charge is -1.95. The van der Waals surface area contributed by atoms with Crippen LogP contribution in [-0.2, 0) is 0 Å². The van der Waals surface area contributed by atoms with Crippen LogP contribution < -0.4 is 0 Å². The predicted molar refractivity (Wildman–Crippen MR) is 44.5 cm³/mol. The Kier molecular flexibility index (Phi) is 1.75. The van der Waals surface area contributed by atoms with Gasteiger partial charge in [0.25, 0.3) is 0 Å². The van der Waals surface area contributed by atoms with Crippen molar-refractivity contribution < 1.29 is 0 Å². The zero-order valence-corrected chi connectivity index (χ0v) is 6.81. The maximum atomic E-state index is 5.77. The average Bonchev–Trinajstić information content (AvgIpc) is 2.53. The lowest BCUT2D eigenvalue weighted by atomic mass is 10.4. The summed E-state index contributed by atoms with van der Waals surface area (Å²) in [5.41, 5.74) is 0.713. The lowest BCUT2D eigenvalue weighted by molar-refractivity contribution is 1.12. The van der Waals surface area contributed by atoms with E-state index in [1.165, 1.54) is 10.4 Å². The average molecular weight is 181 g/mol. The highest BCUT2D eigenvalue weighted by Gasteiger charge is 2.03. The summed E-state index contributed by atoms with van der Waals surface area (Å²) in [5.74, 6) is 0.624. The zero-order valence-electron chi connectivity index (χ0n) is 6.05. The predicted octanol–water partition coefficient (Wildman–Crippen LogP) is 1.34. The molecule has 0 unspecified atom stereocenters. The van der Waals surface area contributed by atoms with Crippen molar-refractivity contribution in [1.29, 1.82) is 0 Å². The van der Waals surface area contributed by atoms with Crippen molar-refractivity contribution >= 4 is 11.8 Å². The molecule has 60 valence electrons. The van der Waals surface area contributed by atoms with Crippen LogP contribution in [0.5, 0.6) is 0 Å². The summed E-state index contributed by atoms with van der Waals surface area (Å²) in [7, 11) is 0. The first kappa shape index (κ1) is 7.24. The van der Waals surface area contributed by atoms with Gasteiger partial charge in [-0.2, -0.15) is 0 Å². The number of hydrogen-bond donors (Lipinski definition) is 0. The number of rotatable bonds is 1. The van der Waals surface area contributed by atoms with Crippen LogP contribution in [0.3, 0.4) is 0 Å². The van der Waals surface area contributed by atoms with Gasteiger partial charge < -0.3 is 0 Å². The molecule has 4 nitrogen and oxygen atoms in total. The molecule has 2 aromatic rings. The molecule has 0 aliphatic rings. The number of aromatic nitrogens is 4. The summed E-state index contributed by atoms with van der Waals surface area (Å²) < 4.78 is 1.39. The molecule has 0 bridgehead atoms. The van der Waals surface area contributed by atoms with E-state index in [9.17, 15) is 0 Å². The van der Waals surface area contributed by atoms with E-state index in [1.54, 1.807) is 24.7 Å². The van der Waals surface area contributed by atoms with Gasteiger partial charge in [-0.25, -0.2) is 19.0 Å². The molecule has 2 aromatic heterocycles. The highest BCUT2D eigenvalue weighted by molar-refractivity contribution is 6.16. The molecule has 0 radical (unpaired) electrons. The van der Waals surface area contributed by atoms with Crippen LogP contribution in [0.15, 0.2) is 31.0 Å². The molecule has 12 heavy (non-hydrogen) atoms. The molecule has 0 fully saturated rings. The van der Waals surface area contributed by atoms with Crippen LogP contribution in [-0.4, -0.2) is 19.0 Å². The van der Waals surface area contributed by atoms with Gasteiger partial charge >= 0.3 is 0 Å². The molecule has 0 atom stereocenters. The van der Waals surface area contributed by atoms with Crippen molar-refractivity contribution in [2.45, 2.75) is 0 Å². The molecule has 2 rings (SSSR count). The third kappa shape index (κ3) is 1.16. The molecule has 2 heterocycles. The molecule has 0 saturated carbocycles. The molecule has 5 heteroatoms. The molecule has 0 spiro atoms. The maximum absolute atomic E-state index is 5.77. The first-order valence-corrected chi connectivity index (χ1v) is 3.67. The Bertz CT molecular complexity index is 370. The fraction of sp³-hybridized carbons (Fsp3) is 0.